The van der Waals surface area contributed by atoms with E-state index in [2.05, 4.69) is 19.9 Å². The van der Waals surface area contributed by atoms with Crippen LogP contribution in [0.15, 0.2) is 30.5 Å². The van der Waals surface area contributed by atoms with Gasteiger partial charge in [0, 0.05) is 0 Å². The van der Waals surface area contributed by atoms with Gasteiger partial charge in [0.05, 0.1) is 12.8 Å². The molecule has 1 aliphatic rings. The third-order valence-corrected chi connectivity index (χ3v) is 3.25. The molecule has 0 fully saturated rings. The topological polar surface area (TPSA) is 105 Å². The van der Waals surface area contributed by atoms with Crippen LogP contribution >= 0.6 is 0 Å². The summed E-state index contributed by atoms with van der Waals surface area (Å²) in [6.45, 7) is 2.28. The van der Waals surface area contributed by atoms with Crippen molar-refractivity contribution < 1.29 is 14.2 Å². The van der Waals surface area contributed by atoms with E-state index in [9.17, 15) is 0 Å². The zero-order chi connectivity index (χ0) is 15.8. The van der Waals surface area contributed by atoms with Crippen LogP contribution in [0.4, 0.5) is 5.95 Å². The summed E-state index contributed by atoms with van der Waals surface area (Å²) in [4.78, 5) is 16.9. The summed E-state index contributed by atoms with van der Waals surface area (Å²) in [6, 6.07) is 7.42. The molecule has 0 radical (unpaired) electrons. The van der Waals surface area contributed by atoms with Gasteiger partial charge in [0.15, 0.2) is 22.7 Å². The monoisotopic (exact) mass is 311 g/mol. The average molecular weight is 311 g/mol. The lowest BCUT2D eigenvalue weighted by atomic mass is 10.3. The fraction of sp³-hybridized carbons (Fsp3) is 0.200. The minimum Gasteiger partial charge on any atom is -0.476 e. The summed E-state index contributed by atoms with van der Waals surface area (Å²) in [5.74, 6) is 1.71. The average Bonchev–Trinajstić information content (AvgIpc) is 2.99. The third-order valence-electron chi connectivity index (χ3n) is 3.25. The molecule has 116 valence electrons. The highest BCUT2D eigenvalue weighted by atomic mass is 16.7. The molecule has 3 heterocycles. The van der Waals surface area contributed by atoms with Gasteiger partial charge in [-0.15, -0.1) is 0 Å². The number of nitrogens with two attached hydrogens (primary N) is 1. The third kappa shape index (κ3) is 2.33. The summed E-state index contributed by atoms with van der Waals surface area (Å²) >= 11 is 0. The first kappa shape index (κ1) is 13.5. The summed E-state index contributed by atoms with van der Waals surface area (Å²) in [6.07, 6.45) is 0.873. The van der Waals surface area contributed by atoms with Crippen molar-refractivity contribution in [3.05, 3.63) is 36.2 Å². The largest absolute Gasteiger partial charge is 0.476 e. The van der Waals surface area contributed by atoms with Crippen LogP contribution in [0.3, 0.4) is 0 Å². The highest BCUT2D eigenvalue weighted by Gasteiger charge is 2.27. The zero-order valence-electron chi connectivity index (χ0n) is 12.3. The second-order valence-corrected chi connectivity index (χ2v) is 4.80. The summed E-state index contributed by atoms with van der Waals surface area (Å²) in [7, 11) is 0. The molecule has 0 bridgehead atoms. The molecule has 1 aliphatic heterocycles. The molecule has 2 N–H and O–H groups in total. The Hall–Kier alpha value is -3.16. The second-order valence-electron chi connectivity index (χ2n) is 4.80. The lowest BCUT2D eigenvalue weighted by Gasteiger charge is -2.11. The van der Waals surface area contributed by atoms with Gasteiger partial charge in [-0.2, -0.15) is 9.97 Å². The van der Waals surface area contributed by atoms with Crippen LogP contribution < -0.4 is 19.9 Å². The number of ether oxygens (including phenoxy) is 3. The molecule has 1 aromatic carbocycles. The molecule has 4 rings (SSSR count). The molecule has 0 atom stereocenters. The van der Waals surface area contributed by atoms with Crippen molar-refractivity contribution in [1.82, 2.24) is 19.9 Å². The Morgan fingerprint density at radius 3 is 2.57 bits per heavy atom. The van der Waals surface area contributed by atoms with Gasteiger partial charge in [-0.25, -0.2) is 9.97 Å². The number of hydrogen-bond donors (Lipinski definition) is 1. The SMILES string of the molecule is CCOc1nc(N)nc2ncc(C3Oc4ccccc4O3)nc12. The van der Waals surface area contributed by atoms with E-state index in [1.807, 2.05) is 31.2 Å². The van der Waals surface area contributed by atoms with Crippen molar-refractivity contribution >= 4 is 17.1 Å². The Morgan fingerprint density at radius 1 is 1.13 bits per heavy atom. The van der Waals surface area contributed by atoms with E-state index in [1.54, 1.807) is 6.20 Å². The van der Waals surface area contributed by atoms with Gasteiger partial charge in [0.25, 0.3) is 6.29 Å². The highest BCUT2D eigenvalue weighted by molar-refractivity contribution is 5.76. The maximum Gasteiger partial charge on any atom is 0.286 e. The van der Waals surface area contributed by atoms with E-state index < -0.39 is 6.29 Å². The minimum absolute atomic E-state index is 0.0868. The van der Waals surface area contributed by atoms with Gasteiger partial charge < -0.3 is 19.9 Å². The smallest absolute Gasteiger partial charge is 0.286 e. The first-order valence-electron chi connectivity index (χ1n) is 7.10. The van der Waals surface area contributed by atoms with Crippen LogP contribution in [0.2, 0.25) is 0 Å². The number of anilines is 1. The number of para-hydroxylation sites is 2. The zero-order valence-corrected chi connectivity index (χ0v) is 12.3. The fourth-order valence-electron chi connectivity index (χ4n) is 2.28. The first-order valence-corrected chi connectivity index (χ1v) is 7.10. The minimum atomic E-state index is -0.670. The Balaban J connectivity index is 1.75. The number of nitrogen functional groups attached to an aromatic ring is 1. The summed E-state index contributed by atoms with van der Waals surface area (Å²) in [5, 5.41) is 0. The van der Waals surface area contributed by atoms with Crippen LogP contribution in [-0.2, 0) is 0 Å². The molecule has 0 aliphatic carbocycles. The quantitative estimate of drug-likeness (QED) is 0.781. The Labute approximate surface area is 131 Å². The highest BCUT2D eigenvalue weighted by Crippen LogP contribution is 2.39. The van der Waals surface area contributed by atoms with E-state index in [0.29, 0.717) is 40.8 Å². The number of benzene rings is 1. The van der Waals surface area contributed by atoms with Crippen molar-refractivity contribution in [3.63, 3.8) is 0 Å². The molecule has 0 saturated heterocycles. The number of rotatable bonds is 3. The second kappa shape index (κ2) is 5.24. The molecule has 3 aromatic rings. The van der Waals surface area contributed by atoms with E-state index in [1.165, 1.54) is 0 Å². The van der Waals surface area contributed by atoms with Crippen molar-refractivity contribution in [3.8, 4) is 17.4 Å². The van der Waals surface area contributed by atoms with Gasteiger partial charge in [0.1, 0.15) is 5.69 Å². The lowest BCUT2D eigenvalue weighted by Crippen LogP contribution is -2.12. The van der Waals surface area contributed by atoms with Gasteiger partial charge >= 0.3 is 0 Å². The van der Waals surface area contributed by atoms with Crippen LogP contribution in [0, 0.1) is 0 Å². The van der Waals surface area contributed by atoms with Crippen molar-refractivity contribution in [1.29, 1.82) is 0 Å². The van der Waals surface area contributed by atoms with Crippen LogP contribution in [-0.4, -0.2) is 26.5 Å². The molecule has 23 heavy (non-hydrogen) atoms. The maximum atomic E-state index is 5.73. The number of aromatic nitrogens is 4. The fourth-order valence-corrected chi connectivity index (χ4v) is 2.28. The van der Waals surface area contributed by atoms with Crippen LogP contribution in [0.5, 0.6) is 17.4 Å². The molecular weight excluding hydrogens is 298 g/mol. The van der Waals surface area contributed by atoms with E-state index in [4.69, 9.17) is 19.9 Å². The first-order chi connectivity index (χ1) is 11.2. The molecule has 0 amide bonds. The van der Waals surface area contributed by atoms with Crippen molar-refractivity contribution in [2.45, 2.75) is 13.2 Å². The number of fused-ring (bicyclic) bond motifs is 2. The van der Waals surface area contributed by atoms with Crippen LogP contribution in [0.25, 0.3) is 11.2 Å². The molecule has 0 unspecified atom stereocenters. The molecule has 8 heteroatoms. The summed E-state index contributed by atoms with van der Waals surface area (Å²) < 4.78 is 16.9. The number of hydrogen-bond acceptors (Lipinski definition) is 8. The predicted octanol–water partition coefficient (Wildman–Crippen LogP) is 1.87. The molecular formula is C15H13N5O3. The molecule has 8 nitrogen and oxygen atoms in total. The molecule has 2 aromatic heterocycles. The number of nitrogens with zero attached hydrogens (tertiary/aromatic N) is 4. The normalized spacial score (nSPS) is 13.4. The van der Waals surface area contributed by atoms with E-state index >= 15 is 0 Å². The predicted molar refractivity (Wildman–Crippen MR) is 81.1 cm³/mol. The van der Waals surface area contributed by atoms with Gasteiger partial charge in [-0.3, -0.25) is 0 Å². The van der Waals surface area contributed by atoms with E-state index in [-0.39, 0.29) is 5.95 Å². The van der Waals surface area contributed by atoms with Crippen molar-refractivity contribution in [2.75, 3.05) is 12.3 Å². The van der Waals surface area contributed by atoms with Gasteiger partial charge in [-0.1, -0.05) is 12.1 Å². The van der Waals surface area contributed by atoms with Crippen molar-refractivity contribution in [2.24, 2.45) is 0 Å². The van der Waals surface area contributed by atoms with Crippen LogP contribution in [0.1, 0.15) is 18.9 Å². The maximum absolute atomic E-state index is 5.73. The Morgan fingerprint density at radius 2 is 1.87 bits per heavy atom. The van der Waals surface area contributed by atoms with Gasteiger partial charge in [-0.05, 0) is 19.1 Å². The lowest BCUT2D eigenvalue weighted by molar-refractivity contribution is 0.0447. The Bertz CT molecular complexity index is 861. The molecule has 0 saturated carbocycles. The molecule has 0 spiro atoms. The Kier molecular flexibility index (Phi) is 3.07. The van der Waals surface area contributed by atoms with E-state index in [0.717, 1.165) is 0 Å². The van der Waals surface area contributed by atoms with Gasteiger partial charge in [0.2, 0.25) is 11.8 Å². The standard InChI is InChI=1S/C15H13N5O3/c1-2-21-13-11-12(19-15(16)20-13)17-7-8(18-11)14-22-9-5-3-4-6-10(9)23-14/h3-7,14H,2H2,1H3,(H2,16,17,19,20). The summed E-state index contributed by atoms with van der Waals surface area (Å²) in [5.41, 5.74) is 6.94.